The van der Waals surface area contributed by atoms with E-state index in [1.54, 1.807) is 0 Å². The molecule has 0 bridgehead atoms. The minimum absolute atomic E-state index is 0.458. The molecule has 0 N–H and O–H groups in total. The summed E-state index contributed by atoms with van der Waals surface area (Å²) in [6.07, 6.45) is 0. The molecule has 1 aromatic heterocycles. The minimum atomic E-state index is 0.458. The van der Waals surface area contributed by atoms with E-state index in [-0.39, 0.29) is 0 Å². The molecule has 0 aliphatic carbocycles. The van der Waals surface area contributed by atoms with Gasteiger partial charge < -0.3 is 4.74 Å². The van der Waals surface area contributed by atoms with E-state index in [1.807, 2.05) is 78.9 Å². The normalized spacial score (nSPS) is 10.8. The number of ether oxygens (including phenoxy) is 1. The van der Waals surface area contributed by atoms with E-state index in [1.165, 1.54) is 0 Å². The third-order valence-corrected chi connectivity index (χ3v) is 4.24. The van der Waals surface area contributed by atoms with Crippen molar-refractivity contribution in [3.05, 3.63) is 89.4 Å². The zero-order valence-corrected chi connectivity index (χ0v) is 14.1. The maximum Gasteiger partial charge on any atom is 0.241 e. The Morgan fingerprint density at radius 1 is 0.720 bits per heavy atom. The predicted octanol–water partition coefficient (Wildman–Crippen LogP) is 5.53. The molecule has 0 amide bonds. The fourth-order valence-electron chi connectivity index (χ4n) is 2.73. The molecule has 0 aliphatic heterocycles. The van der Waals surface area contributed by atoms with Crippen LogP contribution >= 0.6 is 11.6 Å². The topological polar surface area (TPSA) is 35.0 Å². The van der Waals surface area contributed by atoms with Crippen LogP contribution < -0.4 is 4.74 Å². The summed E-state index contributed by atoms with van der Waals surface area (Å²) in [5.74, 6) is 0.539. The summed E-state index contributed by atoms with van der Waals surface area (Å²) in [6, 6.07) is 25.6. The third-order valence-electron chi connectivity index (χ3n) is 3.99. The fraction of sp³-hybridized carbons (Fsp3) is 0.0476. The van der Waals surface area contributed by atoms with Gasteiger partial charge >= 0.3 is 0 Å². The number of hydrogen-bond donors (Lipinski definition) is 0. The Hall–Kier alpha value is -2.91. The van der Waals surface area contributed by atoms with Gasteiger partial charge in [0.2, 0.25) is 5.88 Å². The van der Waals surface area contributed by atoms with E-state index in [9.17, 15) is 0 Å². The highest BCUT2D eigenvalue weighted by Crippen LogP contribution is 2.31. The van der Waals surface area contributed by atoms with Crippen molar-refractivity contribution in [3.63, 3.8) is 0 Å². The Morgan fingerprint density at radius 2 is 1.40 bits per heavy atom. The first kappa shape index (κ1) is 15.6. The van der Waals surface area contributed by atoms with E-state index < -0.39 is 0 Å². The summed E-state index contributed by atoms with van der Waals surface area (Å²) in [6.45, 7) is 0.458. The summed E-state index contributed by atoms with van der Waals surface area (Å²) in [5, 5.41) is 11.4. The average Bonchev–Trinajstić information content (AvgIpc) is 2.68. The van der Waals surface area contributed by atoms with Crippen molar-refractivity contribution in [2.45, 2.75) is 6.61 Å². The number of aromatic nitrogens is 2. The predicted molar refractivity (Wildman–Crippen MR) is 101 cm³/mol. The van der Waals surface area contributed by atoms with E-state index in [0.29, 0.717) is 17.5 Å². The van der Waals surface area contributed by atoms with E-state index in [4.69, 9.17) is 16.3 Å². The highest BCUT2D eigenvalue weighted by Gasteiger charge is 2.11. The molecule has 4 aromatic rings. The van der Waals surface area contributed by atoms with E-state index >= 15 is 0 Å². The zero-order chi connectivity index (χ0) is 17.1. The lowest BCUT2D eigenvalue weighted by Gasteiger charge is -2.10. The minimum Gasteiger partial charge on any atom is -0.471 e. The highest BCUT2D eigenvalue weighted by molar-refractivity contribution is 6.30. The van der Waals surface area contributed by atoms with E-state index in [2.05, 4.69) is 10.2 Å². The number of halogens is 1. The van der Waals surface area contributed by atoms with E-state index in [0.717, 1.165) is 27.6 Å². The monoisotopic (exact) mass is 346 g/mol. The Balaban J connectivity index is 1.73. The average molecular weight is 347 g/mol. The fourth-order valence-corrected chi connectivity index (χ4v) is 2.86. The molecular formula is C21H15ClN2O. The van der Waals surface area contributed by atoms with Crippen LogP contribution in [0.1, 0.15) is 5.56 Å². The van der Waals surface area contributed by atoms with Crippen molar-refractivity contribution in [2.24, 2.45) is 0 Å². The second-order valence-electron chi connectivity index (χ2n) is 5.68. The van der Waals surface area contributed by atoms with Gasteiger partial charge in [0.15, 0.2) is 0 Å². The van der Waals surface area contributed by atoms with Gasteiger partial charge in [-0.25, -0.2) is 0 Å². The summed E-state index contributed by atoms with van der Waals surface area (Å²) in [5.41, 5.74) is 2.89. The van der Waals surface area contributed by atoms with Crippen LogP contribution in [-0.2, 0) is 6.61 Å². The van der Waals surface area contributed by atoms with Gasteiger partial charge in [-0.3, -0.25) is 0 Å². The molecule has 0 saturated heterocycles. The van der Waals surface area contributed by atoms with Gasteiger partial charge in [-0.2, -0.15) is 0 Å². The van der Waals surface area contributed by atoms with Crippen LogP contribution in [0.3, 0.4) is 0 Å². The van der Waals surface area contributed by atoms with Crippen LogP contribution in [0.4, 0.5) is 0 Å². The number of hydrogen-bond acceptors (Lipinski definition) is 3. The van der Waals surface area contributed by atoms with Gasteiger partial charge in [-0.05, 0) is 23.8 Å². The standard InChI is InChI=1S/C21H15ClN2O/c22-17-12-10-16(11-13-17)20-18-8-4-5-9-19(18)21(24-23-20)25-14-15-6-2-1-3-7-15/h1-13H,14H2. The highest BCUT2D eigenvalue weighted by atomic mass is 35.5. The molecule has 0 saturated carbocycles. The van der Waals surface area contributed by atoms with Gasteiger partial charge in [0.1, 0.15) is 12.3 Å². The summed E-state index contributed by atoms with van der Waals surface area (Å²) >= 11 is 5.99. The second-order valence-corrected chi connectivity index (χ2v) is 6.12. The lowest BCUT2D eigenvalue weighted by atomic mass is 10.1. The summed E-state index contributed by atoms with van der Waals surface area (Å²) in [4.78, 5) is 0. The van der Waals surface area contributed by atoms with Gasteiger partial charge in [-0.1, -0.05) is 72.3 Å². The SMILES string of the molecule is Clc1ccc(-c2nnc(OCc3ccccc3)c3ccccc23)cc1. The quantitative estimate of drug-likeness (QED) is 0.487. The maximum atomic E-state index is 5.99. The molecule has 4 rings (SSSR count). The van der Waals surface area contributed by atoms with Gasteiger partial charge in [0.25, 0.3) is 0 Å². The molecule has 0 spiro atoms. The first-order valence-corrected chi connectivity index (χ1v) is 8.37. The molecule has 0 unspecified atom stereocenters. The van der Waals surface area contributed by atoms with Crippen LogP contribution in [-0.4, -0.2) is 10.2 Å². The number of benzene rings is 3. The lowest BCUT2D eigenvalue weighted by Crippen LogP contribution is -2.00. The van der Waals surface area contributed by atoms with Crippen LogP contribution in [0.5, 0.6) is 5.88 Å². The van der Waals surface area contributed by atoms with Crippen molar-refractivity contribution in [2.75, 3.05) is 0 Å². The van der Waals surface area contributed by atoms with Gasteiger partial charge in [-0.15, -0.1) is 10.2 Å². The maximum absolute atomic E-state index is 5.99. The first-order chi connectivity index (χ1) is 12.3. The Kier molecular flexibility index (Phi) is 4.32. The zero-order valence-electron chi connectivity index (χ0n) is 13.4. The molecule has 0 atom stereocenters. The number of nitrogens with zero attached hydrogens (tertiary/aromatic N) is 2. The lowest BCUT2D eigenvalue weighted by molar-refractivity contribution is 0.295. The van der Waals surface area contributed by atoms with Crippen molar-refractivity contribution in [1.82, 2.24) is 10.2 Å². The van der Waals surface area contributed by atoms with Crippen molar-refractivity contribution < 1.29 is 4.74 Å². The molecule has 25 heavy (non-hydrogen) atoms. The summed E-state index contributed by atoms with van der Waals surface area (Å²) < 4.78 is 5.92. The molecule has 3 aromatic carbocycles. The molecule has 0 fully saturated rings. The molecule has 1 heterocycles. The molecule has 0 aliphatic rings. The molecule has 0 radical (unpaired) electrons. The molecule has 4 heteroatoms. The number of fused-ring (bicyclic) bond motifs is 1. The first-order valence-electron chi connectivity index (χ1n) is 7.99. The Morgan fingerprint density at radius 3 is 2.16 bits per heavy atom. The third kappa shape index (κ3) is 3.32. The molecule has 3 nitrogen and oxygen atoms in total. The summed E-state index contributed by atoms with van der Waals surface area (Å²) in [7, 11) is 0. The van der Waals surface area contributed by atoms with Gasteiger partial charge in [0, 0.05) is 21.4 Å². The second kappa shape index (κ2) is 6.91. The largest absolute Gasteiger partial charge is 0.471 e. The smallest absolute Gasteiger partial charge is 0.241 e. The Bertz CT molecular complexity index is 1000. The molecule has 122 valence electrons. The number of rotatable bonds is 4. The van der Waals surface area contributed by atoms with Crippen LogP contribution in [0.15, 0.2) is 78.9 Å². The van der Waals surface area contributed by atoms with Crippen molar-refractivity contribution in [1.29, 1.82) is 0 Å². The van der Waals surface area contributed by atoms with Crippen LogP contribution in [0.25, 0.3) is 22.0 Å². The molecular weight excluding hydrogens is 332 g/mol. The Labute approximate surface area is 150 Å². The van der Waals surface area contributed by atoms with Crippen LogP contribution in [0, 0.1) is 0 Å². The van der Waals surface area contributed by atoms with Crippen LogP contribution in [0.2, 0.25) is 5.02 Å². The van der Waals surface area contributed by atoms with Gasteiger partial charge in [0.05, 0.1) is 0 Å². The van der Waals surface area contributed by atoms with Crippen molar-refractivity contribution >= 4 is 22.4 Å². The van der Waals surface area contributed by atoms with Crippen molar-refractivity contribution in [3.8, 4) is 17.1 Å².